The lowest BCUT2D eigenvalue weighted by molar-refractivity contribution is -0.126. The van der Waals surface area contributed by atoms with E-state index in [1.165, 1.54) is 19.3 Å². The van der Waals surface area contributed by atoms with Crippen LogP contribution < -0.4 is 5.32 Å². The topological polar surface area (TPSA) is 42.0 Å². The summed E-state index contributed by atoms with van der Waals surface area (Å²) >= 11 is 0. The van der Waals surface area contributed by atoms with E-state index in [4.69, 9.17) is 0 Å². The number of hydrogen-bond acceptors (Lipinski definition) is 2. The fourth-order valence-electron chi connectivity index (χ4n) is 3.00. The van der Waals surface area contributed by atoms with Crippen molar-refractivity contribution in [2.24, 2.45) is 5.92 Å². The molecule has 2 aromatic rings. The van der Waals surface area contributed by atoms with Crippen LogP contribution in [-0.4, -0.2) is 10.9 Å². The number of rotatable bonds is 3. The van der Waals surface area contributed by atoms with Gasteiger partial charge in [-0.3, -0.25) is 9.78 Å². The Morgan fingerprint density at radius 2 is 1.95 bits per heavy atom. The molecule has 0 saturated heterocycles. The van der Waals surface area contributed by atoms with Gasteiger partial charge in [-0.25, -0.2) is 0 Å². The SMILES string of the molecule is O=C(NCc1ccnc2ccccc12)C1CCCCC1. The smallest absolute Gasteiger partial charge is 0.223 e. The van der Waals surface area contributed by atoms with Gasteiger partial charge < -0.3 is 5.32 Å². The highest BCUT2D eigenvalue weighted by molar-refractivity contribution is 5.83. The summed E-state index contributed by atoms with van der Waals surface area (Å²) in [5, 5.41) is 4.22. The number of para-hydroxylation sites is 1. The van der Waals surface area contributed by atoms with Crippen molar-refractivity contribution >= 4 is 16.8 Å². The normalized spacial score (nSPS) is 16.2. The molecule has 1 aromatic heterocycles. The Labute approximate surface area is 119 Å². The third-order valence-corrected chi connectivity index (χ3v) is 4.17. The monoisotopic (exact) mass is 268 g/mol. The average Bonchev–Trinajstić information content (AvgIpc) is 2.53. The number of fused-ring (bicyclic) bond motifs is 1. The van der Waals surface area contributed by atoms with Gasteiger partial charge in [0.25, 0.3) is 0 Å². The van der Waals surface area contributed by atoms with E-state index >= 15 is 0 Å². The zero-order valence-electron chi connectivity index (χ0n) is 11.6. The number of nitrogens with one attached hydrogen (secondary N) is 1. The predicted octanol–water partition coefficient (Wildman–Crippen LogP) is 3.43. The molecule has 0 atom stereocenters. The molecule has 1 heterocycles. The van der Waals surface area contributed by atoms with Crippen LogP contribution in [0, 0.1) is 5.92 Å². The minimum Gasteiger partial charge on any atom is -0.352 e. The van der Waals surface area contributed by atoms with Crippen LogP contribution in [0.25, 0.3) is 10.9 Å². The van der Waals surface area contributed by atoms with Crippen molar-refractivity contribution in [3.8, 4) is 0 Å². The first-order chi connectivity index (χ1) is 9.84. The van der Waals surface area contributed by atoms with Gasteiger partial charge in [0, 0.05) is 24.0 Å². The molecule has 0 aliphatic heterocycles. The maximum absolute atomic E-state index is 12.2. The second-order valence-corrected chi connectivity index (χ2v) is 5.54. The Bertz CT molecular complexity index is 597. The Morgan fingerprint density at radius 3 is 2.80 bits per heavy atom. The van der Waals surface area contributed by atoms with Crippen molar-refractivity contribution < 1.29 is 4.79 Å². The minimum absolute atomic E-state index is 0.214. The molecule has 3 rings (SSSR count). The van der Waals surface area contributed by atoms with Crippen molar-refractivity contribution in [2.75, 3.05) is 0 Å². The highest BCUT2D eigenvalue weighted by Gasteiger charge is 2.20. The largest absolute Gasteiger partial charge is 0.352 e. The molecule has 1 aliphatic rings. The van der Waals surface area contributed by atoms with Gasteiger partial charge in [0.05, 0.1) is 5.52 Å². The van der Waals surface area contributed by atoms with Gasteiger partial charge in [-0.1, -0.05) is 37.5 Å². The van der Waals surface area contributed by atoms with Crippen molar-refractivity contribution in [3.05, 3.63) is 42.1 Å². The van der Waals surface area contributed by atoms with Gasteiger partial charge in [0.1, 0.15) is 0 Å². The lowest BCUT2D eigenvalue weighted by atomic mass is 9.88. The second-order valence-electron chi connectivity index (χ2n) is 5.54. The summed E-state index contributed by atoms with van der Waals surface area (Å²) in [6.07, 6.45) is 7.56. The summed E-state index contributed by atoms with van der Waals surface area (Å²) in [5.41, 5.74) is 2.12. The van der Waals surface area contributed by atoms with Crippen LogP contribution in [-0.2, 0) is 11.3 Å². The van der Waals surface area contributed by atoms with E-state index in [-0.39, 0.29) is 11.8 Å². The summed E-state index contributed by atoms with van der Waals surface area (Å²) in [6.45, 7) is 0.596. The first-order valence-electron chi connectivity index (χ1n) is 7.45. The molecule has 1 amide bonds. The Morgan fingerprint density at radius 1 is 1.15 bits per heavy atom. The van der Waals surface area contributed by atoms with Crippen molar-refractivity contribution in [3.63, 3.8) is 0 Å². The first kappa shape index (κ1) is 13.1. The quantitative estimate of drug-likeness (QED) is 0.926. The van der Waals surface area contributed by atoms with E-state index in [9.17, 15) is 4.79 Å². The van der Waals surface area contributed by atoms with Gasteiger partial charge in [0.2, 0.25) is 5.91 Å². The standard InChI is InChI=1S/C17H20N2O/c20-17(13-6-2-1-3-7-13)19-12-14-10-11-18-16-9-5-4-8-15(14)16/h4-5,8-11,13H,1-3,6-7,12H2,(H,19,20). The number of benzene rings is 1. The zero-order chi connectivity index (χ0) is 13.8. The second kappa shape index (κ2) is 6.04. The van der Waals surface area contributed by atoms with Crippen LogP contribution in [0.15, 0.2) is 36.5 Å². The third kappa shape index (κ3) is 2.82. The highest BCUT2D eigenvalue weighted by Crippen LogP contribution is 2.24. The molecule has 1 fully saturated rings. The fraction of sp³-hybridized carbons (Fsp3) is 0.412. The number of aromatic nitrogens is 1. The van der Waals surface area contributed by atoms with Gasteiger partial charge in [-0.05, 0) is 30.5 Å². The minimum atomic E-state index is 0.214. The highest BCUT2D eigenvalue weighted by atomic mass is 16.1. The number of carbonyl (C=O) groups excluding carboxylic acids is 1. The van der Waals surface area contributed by atoms with E-state index < -0.39 is 0 Å². The summed E-state index contributed by atoms with van der Waals surface area (Å²) in [4.78, 5) is 16.5. The van der Waals surface area contributed by atoms with E-state index in [0.29, 0.717) is 6.54 Å². The molecule has 3 nitrogen and oxygen atoms in total. The number of hydrogen-bond donors (Lipinski definition) is 1. The Kier molecular flexibility index (Phi) is 3.95. The average molecular weight is 268 g/mol. The van der Waals surface area contributed by atoms with E-state index in [1.807, 2.05) is 30.5 Å². The molecule has 3 heteroatoms. The van der Waals surface area contributed by atoms with Crippen LogP contribution in [0.4, 0.5) is 0 Å². The van der Waals surface area contributed by atoms with Gasteiger partial charge in [-0.2, -0.15) is 0 Å². The molecule has 1 aliphatic carbocycles. The molecule has 0 radical (unpaired) electrons. The van der Waals surface area contributed by atoms with Crippen LogP contribution in [0.2, 0.25) is 0 Å². The first-order valence-corrected chi connectivity index (χ1v) is 7.45. The number of carbonyl (C=O) groups is 1. The fourth-order valence-corrected chi connectivity index (χ4v) is 3.00. The van der Waals surface area contributed by atoms with Gasteiger partial charge in [0.15, 0.2) is 0 Å². The van der Waals surface area contributed by atoms with Crippen molar-refractivity contribution in [1.82, 2.24) is 10.3 Å². The third-order valence-electron chi connectivity index (χ3n) is 4.17. The molecule has 1 aromatic carbocycles. The summed E-state index contributed by atoms with van der Waals surface area (Å²) < 4.78 is 0. The maximum Gasteiger partial charge on any atom is 0.223 e. The van der Waals surface area contributed by atoms with Crippen LogP contribution in [0.3, 0.4) is 0 Å². The predicted molar refractivity (Wildman–Crippen MR) is 80.2 cm³/mol. The number of amides is 1. The molecule has 0 spiro atoms. The molecular formula is C17H20N2O. The lowest BCUT2D eigenvalue weighted by Gasteiger charge is -2.20. The van der Waals surface area contributed by atoms with E-state index in [1.54, 1.807) is 0 Å². The molecule has 104 valence electrons. The summed E-state index contributed by atoms with van der Waals surface area (Å²) in [6, 6.07) is 10.0. The molecule has 0 bridgehead atoms. The Balaban J connectivity index is 1.69. The molecular weight excluding hydrogens is 248 g/mol. The Hall–Kier alpha value is -1.90. The maximum atomic E-state index is 12.2. The molecule has 1 N–H and O–H groups in total. The van der Waals surface area contributed by atoms with Crippen molar-refractivity contribution in [1.29, 1.82) is 0 Å². The number of nitrogens with zero attached hydrogens (tertiary/aromatic N) is 1. The van der Waals surface area contributed by atoms with Gasteiger partial charge >= 0.3 is 0 Å². The van der Waals surface area contributed by atoms with Crippen LogP contribution >= 0.6 is 0 Å². The molecule has 0 unspecified atom stereocenters. The summed E-state index contributed by atoms with van der Waals surface area (Å²) in [5.74, 6) is 0.433. The zero-order valence-corrected chi connectivity index (χ0v) is 11.6. The van der Waals surface area contributed by atoms with Crippen LogP contribution in [0.5, 0.6) is 0 Å². The molecule has 1 saturated carbocycles. The summed E-state index contributed by atoms with van der Waals surface area (Å²) in [7, 11) is 0. The van der Waals surface area contributed by atoms with Crippen molar-refractivity contribution in [2.45, 2.75) is 38.6 Å². The number of pyridine rings is 1. The van der Waals surface area contributed by atoms with E-state index in [0.717, 1.165) is 29.3 Å². The lowest BCUT2D eigenvalue weighted by Crippen LogP contribution is -2.31. The van der Waals surface area contributed by atoms with E-state index in [2.05, 4.69) is 16.4 Å². The van der Waals surface area contributed by atoms with Crippen LogP contribution in [0.1, 0.15) is 37.7 Å². The molecule has 20 heavy (non-hydrogen) atoms. The van der Waals surface area contributed by atoms with Gasteiger partial charge in [-0.15, -0.1) is 0 Å².